The first-order valence-electron chi connectivity index (χ1n) is 9.06. The second-order valence-electron chi connectivity index (χ2n) is 6.34. The third-order valence-electron chi connectivity index (χ3n) is 4.39. The summed E-state index contributed by atoms with van der Waals surface area (Å²) >= 11 is 1.54. The van der Waals surface area contributed by atoms with Gasteiger partial charge in [-0.3, -0.25) is 9.78 Å². The van der Waals surface area contributed by atoms with Gasteiger partial charge in [-0.05, 0) is 42.0 Å². The summed E-state index contributed by atoms with van der Waals surface area (Å²) in [5.41, 5.74) is 2.75. The fraction of sp³-hybridized carbons (Fsp3) is 0.0833. The maximum Gasteiger partial charge on any atom is 0.173 e. The van der Waals surface area contributed by atoms with Crippen molar-refractivity contribution in [1.82, 2.24) is 4.98 Å². The van der Waals surface area contributed by atoms with Crippen molar-refractivity contribution in [2.45, 2.75) is 11.5 Å². The molecule has 138 valence electrons. The average Bonchev–Trinajstić information content (AvgIpc) is 2.77. The summed E-state index contributed by atoms with van der Waals surface area (Å²) in [7, 11) is 0. The number of Topliss-reactive ketones (excluding diaryl/α,β-unsaturated/α-hetero) is 1. The SMILES string of the molecule is O=C(CSc1ccnc2ccccc12)c1ccc(OCc2ccccc2)cc1. The number of aromatic nitrogens is 1. The first-order valence-corrected chi connectivity index (χ1v) is 10.0. The minimum absolute atomic E-state index is 0.0977. The average molecular weight is 385 g/mol. The van der Waals surface area contributed by atoms with E-state index in [1.165, 1.54) is 0 Å². The number of hydrogen-bond donors (Lipinski definition) is 0. The normalized spacial score (nSPS) is 10.7. The predicted molar refractivity (Wildman–Crippen MR) is 114 cm³/mol. The van der Waals surface area contributed by atoms with E-state index in [0.29, 0.717) is 17.9 Å². The largest absolute Gasteiger partial charge is 0.489 e. The number of ketones is 1. The number of ether oxygens (including phenoxy) is 1. The maximum absolute atomic E-state index is 12.6. The molecular formula is C24H19NO2S. The van der Waals surface area contributed by atoms with Crippen LogP contribution in [0.25, 0.3) is 10.9 Å². The van der Waals surface area contributed by atoms with Crippen molar-refractivity contribution < 1.29 is 9.53 Å². The molecule has 0 spiro atoms. The van der Waals surface area contributed by atoms with Gasteiger partial charge in [0.2, 0.25) is 0 Å². The highest BCUT2D eigenvalue weighted by Gasteiger charge is 2.09. The Bertz CT molecular complexity index is 1070. The predicted octanol–water partition coefficient (Wildman–Crippen LogP) is 5.79. The molecule has 28 heavy (non-hydrogen) atoms. The van der Waals surface area contributed by atoms with Crippen LogP contribution in [0.1, 0.15) is 15.9 Å². The second-order valence-corrected chi connectivity index (χ2v) is 7.35. The molecule has 0 radical (unpaired) electrons. The van der Waals surface area contributed by atoms with Gasteiger partial charge in [0, 0.05) is 22.0 Å². The number of carbonyl (C=O) groups excluding carboxylic acids is 1. The standard InChI is InChI=1S/C24H19NO2S/c26-23(17-28-24-14-15-25-22-9-5-4-8-21(22)24)19-10-12-20(13-11-19)27-16-18-6-2-1-3-7-18/h1-15H,16-17H2. The van der Waals surface area contributed by atoms with Gasteiger partial charge in [-0.25, -0.2) is 0 Å². The van der Waals surface area contributed by atoms with E-state index < -0.39 is 0 Å². The summed E-state index contributed by atoms with van der Waals surface area (Å²) < 4.78 is 5.78. The molecular weight excluding hydrogens is 366 g/mol. The lowest BCUT2D eigenvalue weighted by Crippen LogP contribution is -2.02. The molecule has 0 saturated heterocycles. The van der Waals surface area contributed by atoms with Crippen molar-refractivity contribution in [3.8, 4) is 5.75 Å². The molecule has 0 aliphatic rings. The summed E-state index contributed by atoms with van der Waals surface area (Å²) in [5.74, 6) is 1.24. The summed E-state index contributed by atoms with van der Waals surface area (Å²) in [4.78, 5) is 18.0. The van der Waals surface area contributed by atoms with Gasteiger partial charge in [0.1, 0.15) is 12.4 Å². The Labute approximate surface area is 168 Å². The van der Waals surface area contributed by atoms with Crippen molar-refractivity contribution in [2.24, 2.45) is 0 Å². The number of rotatable bonds is 7. The Morgan fingerprint density at radius 1 is 0.857 bits per heavy atom. The van der Waals surface area contributed by atoms with Crippen molar-refractivity contribution >= 4 is 28.4 Å². The van der Waals surface area contributed by atoms with E-state index in [0.717, 1.165) is 27.1 Å². The van der Waals surface area contributed by atoms with E-state index in [1.807, 2.05) is 84.9 Å². The van der Waals surface area contributed by atoms with Crippen LogP contribution < -0.4 is 4.74 Å². The molecule has 3 aromatic carbocycles. The van der Waals surface area contributed by atoms with E-state index in [-0.39, 0.29) is 5.78 Å². The molecule has 3 nitrogen and oxygen atoms in total. The van der Waals surface area contributed by atoms with Gasteiger partial charge in [-0.15, -0.1) is 11.8 Å². The molecule has 1 heterocycles. The number of pyridine rings is 1. The number of para-hydroxylation sites is 1. The van der Waals surface area contributed by atoms with Crippen LogP contribution in [0.4, 0.5) is 0 Å². The lowest BCUT2D eigenvalue weighted by molar-refractivity contribution is 0.102. The Balaban J connectivity index is 1.37. The molecule has 0 atom stereocenters. The minimum Gasteiger partial charge on any atom is -0.489 e. The van der Waals surface area contributed by atoms with Gasteiger partial charge in [-0.1, -0.05) is 48.5 Å². The Kier molecular flexibility index (Phi) is 5.69. The smallest absolute Gasteiger partial charge is 0.173 e. The molecule has 0 amide bonds. The van der Waals surface area contributed by atoms with Gasteiger partial charge in [0.05, 0.1) is 11.3 Å². The van der Waals surface area contributed by atoms with Crippen LogP contribution in [-0.2, 0) is 6.61 Å². The van der Waals surface area contributed by atoms with E-state index >= 15 is 0 Å². The summed E-state index contributed by atoms with van der Waals surface area (Å²) in [5, 5.41) is 1.08. The van der Waals surface area contributed by atoms with Gasteiger partial charge < -0.3 is 4.74 Å². The molecule has 4 aromatic rings. The highest BCUT2D eigenvalue weighted by molar-refractivity contribution is 8.00. The third-order valence-corrected chi connectivity index (χ3v) is 5.47. The third kappa shape index (κ3) is 4.41. The number of carbonyl (C=O) groups is 1. The van der Waals surface area contributed by atoms with Crippen LogP contribution in [0.5, 0.6) is 5.75 Å². The molecule has 0 aliphatic carbocycles. The summed E-state index contributed by atoms with van der Waals surface area (Å²) in [6.07, 6.45) is 1.79. The number of nitrogens with zero attached hydrogens (tertiary/aromatic N) is 1. The van der Waals surface area contributed by atoms with Crippen molar-refractivity contribution in [3.05, 3.63) is 102 Å². The second kappa shape index (κ2) is 8.72. The van der Waals surface area contributed by atoms with E-state index in [1.54, 1.807) is 18.0 Å². The number of benzene rings is 3. The van der Waals surface area contributed by atoms with Crippen molar-refractivity contribution in [3.63, 3.8) is 0 Å². The molecule has 4 rings (SSSR count). The molecule has 0 bridgehead atoms. The van der Waals surface area contributed by atoms with Crippen LogP contribution in [0.15, 0.2) is 96.0 Å². The summed E-state index contributed by atoms with van der Waals surface area (Å²) in [6, 6.07) is 27.3. The van der Waals surface area contributed by atoms with Gasteiger partial charge in [0.25, 0.3) is 0 Å². The Morgan fingerprint density at radius 3 is 2.43 bits per heavy atom. The zero-order valence-corrected chi connectivity index (χ0v) is 16.1. The van der Waals surface area contributed by atoms with Crippen LogP contribution >= 0.6 is 11.8 Å². The molecule has 0 aliphatic heterocycles. The van der Waals surface area contributed by atoms with E-state index in [4.69, 9.17) is 4.74 Å². The highest BCUT2D eigenvalue weighted by atomic mass is 32.2. The van der Waals surface area contributed by atoms with E-state index in [9.17, 15) is 4.79 Å². The zero-order chi connectivity index (χ0) is 19.2. The lowest BCUT2D eigenvalue weighted by Gasteiger charge is -2.08. The monoisotopic (exact) mass is 385 g/mol. The Morgan fingerprint density at radius 2 is 1.61 bits per heavy atom. The molecule has 0 saturated carbocycles. The van der Waals surface area contributed by atoms with Crippen molar-refractivity contribution in [2.75, 3.05) is 5.75 Å². The topological polar surface area (TPSA) is 39.2 Å². The van der Waals surface area contributed by atoms with Gasteiger partial charge in [-0.2, -0.15) is 0 Å². The van der Waals surface area contributed by atoms with Gasteiger partial charge >= 0.3 is 0 Å². The molecule has 0 fully saturated rings. The maximum atomic E-state index is 12.6. The lowest BCUT2D eigenvalue weighted by atomic mass is 10.1. The first-order chi connectivity index (χ1) is 13.8. The zero-order valence-electron chi connectivity index (χ0n) is 15.2. The highest BCUT2D eigenvalue weighted by Crippen LogP contribution is 2.27. The van der Waals surface area contributed by atoms with Crippen LogP contribution in [0.3, 0.4) is 0 Å². The number of hydrogen-bond acceptors (Lipinski definition) is 4. The summed E-state index contributed by atoms with van der Waals surface area (Å²) in [6.45, 7) is 0.513. The minimum atomic E-state index is 0.0977. The van der Waals surface area contributed by atoms with Gasteiger partial charge in [0.15, 0.2) is 5.78 Å². The first kappa shape index (κ1) is 18.3. The quantitative estimate of drug-likeness (QED) is 0.298. The van der Waals surface area contributed by atoms with Crippen LogP contribution in [0.2, 0.25) is 0 Å². The van der Waals surface area contributed by atoms with E-state index in [2.05, 4.69) is 4.98 Å². The molecule has 4 heteroatoms. The van der Waals surface area contributed by atoms with Crippen LogP contribution in [0, 0.1) is 0 Å². The fourth-order valence-electron chi connectivity index (χ4n) is 2.90. The number of fused-ring (bicyclic) bond motifs is 1. The molecule has 0 unspecified atom stereocenters. The fourth-order valence-corrected chi connectivity index (χ4v) is 3.84. The van der Waals surface area contributed by atoms with Crippen LogP contribution in [-0.4, -0.2) is 16.5 Å². The Hall–Kier alpha value is -3.11. The van der Waals surface area contributed by atoms with Crippen molar-refractivity contribution in [1.29, 1.82) is 0 Å². The molecule has 0 N–H and O–H groups in total. The molecule has 1 aromatic heterocycles. The number of thioether (sulfide) groups is 1.